The number of rotatable bonds is 5. The van der Waals surface area contributed by atoms with Gasteiger partial charge in [-0.15, -0.1) is 10.2 Å². The number of carboxylic acid groups (broad SMARTS) is 1. The van der Waals surface area contributed by atoms with Gasteiger partial charge in [-0.2, -0.15) is 0 Å². The maximum absolute atomic E-state index is 10.6. The molecule has 0 amide bonds. The molecule has 2 rings (SSSR count). The molecule has 0 atom stereocenters. The molecule has 0 saturated carbocycles. The molecule has 0 aliphatic carbocycles. The predicted octanol–water partition coefficient (Wildman–Crippen LogP) is 1.70. The minimum Gasteiger partial charge on any atom is -0.481 e. The van der Waals surface area contributed by atoms with Crippen LogP contribution in [0.15, 0.2) is 33.9 Å². The van der Waals surface area contributed by atoms with Gasteiger partial charge in [-0.05, 0) is 18.2 Å². The summed E-state index contributed by atoms with van der Waals surface area (Å²) < 4.78 is 2.51. The topological polar surface area (TPSA) is 88.2 Å². The molecular formula is C11H10BrN3O3S. The summed E-state index contributed by atoms with van der Waals surface area (Å²) in [5, 5.41) is 26.2. The van der Waals surface area contributed by atoms with E-state index >= 15 is 0 Å². The first-order valence-electron chi connectivity index (χ1n) is 5.27. The molecule has 0 unspecified atom stereocenters. The lowest BCUT2D eigenvalue weighted by atomic mass is 10.3. The lowest BCUT2D eigenvalue weighted by Gasteiger charge is -2.08. The third kappa shape index (κ3) is 3.34. The molecule has 0 aliphatic heterocycles. The van der Waals surface area contributed by atoms with Crippen molar-refractivity contribution in [3.05, 3.63) is 34.6 Å². The maximum Gasteiger partial charge on any atom is 0.313 e. The standard InChI is InChI=1S/C11H10BrN3O3S/c12-7-2-1-3-8(4-7)15-9(5-16)13-14-11(15)19-6-10(17)18/h1-4,16H,5-6H2,(H,17,18). The van der Waals surface area contributed by atoms with E-state index in [4.69, 9.17) is 5.11 Å². The van der Waals surface area contributed by atoms with Gasteiger partial charge in [0.1, 0.15) is 6.61 Å². The van der Waals surface area contributed by atoms with Gasteiger partial charge >= 0.3 is 5.97 Å². The summed E-state index contributed by atoms with van der Waals surface area (Å²) in [5.41, 5.74) is 0.760. The van der Waals surface area contributed by atoms with Crippen LogP contribution in [0.3, 0.4) is 0 Å². The molecule has 100 valence electrons. The monoisotopic (exact) mass is 343 g/mol. The summed E-state index contributed by atoms with van der Waals surface area (Å²) >= 11 is 4.42. The number of aliphatic hydroxyl groups is 1. The number of aliphatic hydroxyl groups excluding tert-OH is 1. The van der Waals surface area contributed by atoms with Crippen molar-refractivity contribution in [2.45, 2.75) is 11.8 Å². The van der Waals surface area contributed by atoms with Crippen molar-refractivity contribution in [3.8, 4) is 5.69 Å². The Hall–Kier alpha value is -1.38. The molecule has 0 aliphatic rings. The summed E-state index contributed by atoms with van der Waals surface area (Å²) in [6.07, 6.45) is 0. The first kappa shape index (κ1) is 14.0. The third-order valence-electron chi connectivity index (χ3n) is 2.23. The predicted molar refractivity (Wildman–Crippen MR) is 73.3 cm³/mol. The van der Waals surface area contributed by atoms with Crippen LogP contribution >= 0.6 is 27.7 Å². The highest BCUT2D eigenvalue weighted by atomic mass is 79.9. The SMILES string of the molecule is O=C(O)CSc1nnc(CO)n1-c1cccc(Br)c1. The van der Waals surface area contributed by atoms with Crippen LogP contribution in [0.2, 0.25) is 0 Å². The van der Waals surface area contributed by atoms with Gasteiger partial charge in [0, 0.05) is 4.47 Å². The highest BCUT2D eigenvalue weighted by Crippen LogP contribution is 2.24. The average Bonchev–Trinajstić information content (AvgIpc) is 2.79. The number of hydrogen-bond donors (Lipinski definition) is 2. The van der Waals surface area contributed by atoms with E-state index in [1.165, 1.54) is 0 Å². The van der Waals surface area contributed by atoms with E-state index < -0.39 is 5.97 Å². The average molecular weight is 344 g/mol. The highest BCUT2D eigenvalue weighted by molar-refractivity contribution is 9.10. The van der Waals surface area contributed by atoms with Crippen LogP contribution in [0.4, 0.5) is 0 Å². The first-order chi connectivity index (χ1) is 9.11. The quantitative estimate of drug-likeness (QED) is 0.803. The lowest BCUT2D eigenvalue weighted by molar-refractivity contribution is -0.133. The normalized spacial score (nSPS) is 10.6. The van der Waals surface area contributed by atoms with Crippen molar-refractivity contribution in [2.24, 2.45) is 0 Å². The van der Waals surface area contributed by atoms with Gasteiger partial charge < -0.3 is 10.2 Å². The number of benzene rings is 1. The van der Waals surface area contributed by atoms with Crippen molar-refractivity contribution in [2.75, 3.05) is 5.75 Å². The Balaban J connectivity index is 2.41. The second-order valence-corrected chi connectivity index (χ2v) is 5.41. The van der Waals surface area contributed by atoms with Gasteiger partial charge in [0.05, 0.1) is 11.4 Å². The van der Waals surface area contributed by atoms with E-state index in [1.807, 2.05) is 24.3 Å². The Morgan fingerprint density at radius 1 is 1.42 bits per heavy atom. The minimum absolute atomic E-state index is 0.114. The van der Waals surface area contributed by atoms with Gasteiger partial charge in [-0.1, -0.05) is 33.8 Å². The molecule has 19 heavy (non-hydrogen) atoms. The van der Waals surface area contributed by atoms with Gasteiger partial charge in [0.25, 0.3) is 0 Å². The number of aliphatic carboxylic acids is 1. The Labute approximate surface area is 121 Å². The molecule has 1 aromatic heterocycles. The van der Waals surface area contributed by atoms with Crippen molar-refractivity contribution in [1.29, 1.82) is 0 Å². The molecule has 0 saturated heterocycles. The van der Waals surface area contributed by atoms with Crippen LogP contribution in [0.1, 0.15) is 5.82 Å². The summed E-state index contributed by atoms with van der Waals surface area (Å²) in [7, 11) is 0. The Bertz CT molecular complexity index is 603. The molecule has 1 aromatic carbocycles. The molecule has 2 aromatic rings. The Kier molecular flexibility index (Phi) is 4.56. The molecular weight excluding hydrogens is 334 g/mol. The zero-order valence-corrected chi connectivity index (χ0v) is 12.1. The second-order valence-electron chi connectivity index (χ2n) is 3.55. The fourth-order valence-corrected chi connectivity index (χ4v) is 2.58. The van der Waals surface area contributed by atoms with E-state index in [-0.39, 0.29) is 12.4 Å². The van der Waals surface area contributed by atoms with Crippen LogP contribution < -0.4 is 0 Å². The largest absolute Gasteiger partial charge is 0.481 e. The number of carbonyl (C=O) groups is 1. The third-order valence-corrected chi connectivity index (χ3v) is 3.64. The van der Waals surface area contributed by atoms with Gasteiger partial charge in [-0.3, -0.25) is 9.36 Å². The van der Waals surface area contributed by atoms with Crippen molar-refractivity contribution in [3.63, 3.8) is 0 Å². The van der Waals surface area contributed by atoms with E-state index in [1.54, 1.807) is 4.57 Å². The summed E-state index contributed by atoms with van der Waals surface area (Å²) in [4.78, 5) is 10.6. The molecule has 0 bridgehead atoms. The molecule has 6 nitrogen and oxygen atoms in total. The van der Waals surface area contributed by atoms with E-state index in [0.717, 1.165) is 21.9 Å². The summed E-state index contributed by atoms with van der Waals surface area (Å²) in [6.45, 7) is -0.271. The number of nitrogens with zero attached hydrogens (tertiary/aromatic N) is 3. The molecule has 0 radical (unpaired) electrons. The summed E-state index contributed by atoms with van der Waals surface area (Å²) in [6, 6.07) is 7.38. The second kappa shape index (κ2) is 6.18. The van der Waals surface area contributed by atoms with Gasteiger partial charge in [0.2, 0.25) is 0 Å². The van der Waals surface area contributed by atoms with Crippen LogP contribution in [0.5, 0.6) is 0 Å². The fourth-order valence-electron chi connectivity index (χ4n) is 1.50. The number of carboxylic acids is 1. The van der Waals surface area contributed by atoms with Crippen molar-refractivity contribution >= 4 is 33.7 Å². The molecule has 0 spiro atoms. The van der Waals surface area contributed by atoms with Crippen LogP contribution in [0, 0.1) is 0 Å². The van der Waals surface area contributed by atoms with Crippen LogP contribution in [-0.4, -0.2) is 36.7 Å². The Morgan fingerprint density at radius 2 is 2.21 bits per heavy atom. The van der Waals surface area contributed by atoms with Crippen LogP contribution in [-0.2, 0) is 11.4 Å². The van der Waals surface area contributed by atoms with Crippen molar-refractivity contribution < 1.29 is 15.0 Å². The molecule has 8 heteroatoms. The maximum atomic E-state index is 10.6. The van der Waals surface area contributed by atoms with Crippen LogP contribution in [0.25, 0.3) is 5.69 Å². The Morgan fingerprint density at radius 3 is 2.84 bits per heavy atom. The van der Waals surface area contributed by atoms with E-state index in [2.05, 4.69) is 26.1 Å². The minimum atomic E-state index is -0.931. The number of aromatic nitrogens is 3. The zero-order chi connectivity index (χ0) is 13.8. The first-order valence-corrected chi connectivity index (χ1v) is 7.05. The number of hydrogen-bond acceptors (Lipinski definition) is 5. The smallest absolute Gasteiger partial charge is 0.313 e. The molecule has 1 heterocycles. The lowest BCUT2D eigenvalue weighted by Crippen LogP contribution is -2.04. The number of halogens is 1. The molecule has 0 fully saturated rings. The van der Waals surface area contributed by atoms with E-state index in [9.17, 15) is 9.90 Å². The van der Waals surface area contributed by atoms with E-state index in [0.29, 0.717) is 11.0 Å². The van der Waals surface area contributed by atoms with Crippen molar-refractivity contribution in [1.82, 2.24) is 14.8 Å². The summed E-state index contributed by atoms with van der Waals surface area (Å²) in [5.74, 6) is -0.678. The van der Waals surface area contributed by atoms with Gasteiger partial charge in [0.15, 0.2) is 11.0 Å². The molecule has 2 N–H and O–H groups in total. The fraction of sp³-hybridized carbons (Fsp3) is 0.182. The zero-order valence-electron chi connectivity index (χ0n) is 9.65. The number of thioether (sulfide) groups is 1. The highest BCUT2D eigenvalue weighted by Gasteiger charge is 2.15. The van der Waals surface area contributed by atoms with Gasteiger partial charge in [-0.25, -0.2) is 0 Å².